The highest BCUT2D eigenvalue weighted by Crippen LogP contribution is 2.22. The fraction of sp³-hybridized carbons (Fsp3) is 1.00. The van der Waals surface area contributed by atoms with Gasteiger partial charge in [0.1, 0.15) is 0 Å². The summed E-state index contributed by atoms with van der Waals surface area (Å²) >= 11 is 0. The van der Waals surface area contributed by atoms with Crippen LogP contribution in [0.1, 0.15) is 32.1 Å². The van der Waals surface area contributed by atoms with Crippen molar-refractivity contribution in [3.8, 4) is 0 Å². The molecule has 2 fully saturated rings. The molecule has 0 aromatic rings. The van der Waals surface area contributed by atoms with Gasteiger partial charge in [-0.2, -0.15) is 0 Å². The Morgan fingerprint density at radius 1 is 1.08 bits per heavy atom. The zero-order valence-electron chi connectivity index (χ0n) is 8.04. The van der Waals surface area contributed by atoms with E-state index in [4.69, 9.17) is 4.74 Å². The Kier molecular flexibility index (Phi) is 3.19. The molecule has 3 nitrogen and oxygen atoms in total. The van der Waals surface area contributed by atoms with Crippen molar-refractivity contribution in [1.29, 1.82) is 0 Å². The van der Waals surface area contributed by atoms with E-state index in [2.05, 4.69) is 5.32 Å². The van der Waals surface area contributed by atoms with Gasteiger partial charge in [0, 0.05) is 13.1 Å². The first kappa shape index (κ1) is 9.44. The molecule has 0 spiro atoms. The van der Waals surface area contributed by atoms with Crippen molar-refractivity contribution in [3.05, 3.63) is 0 Å². The first-order chi connectivity index (χ1) is 6.36. The Morgan fingerprint density at radius 3 is 2.54 bits per heavy atom. The van der Waals surface area contributed by atoms with Gasteiger partial charge in [0.25, 0.3) is 0 Å². The van der Waals surface area contributed by atoms with Gasteiger partial charge in [-0.15, -0.1) is 0 Å². The average molecular weight is 185 g/mol. The maximum Gasteiger partial charge on any atom is 0.0839 e. The lowest BCUT2D eigenvalue weighted by atomic mass is 10.1. The highest BCUT2D eigenvalue weighted by molar-refractivity contribution is 4.80. The van der Waals surface area contributed by atoms with Gasteiger partial charge in [-0.05, 0) is 12.8 Å². The lowest BCUT2D eigenvalue weighted by molar-refractivity contribution is -0.0939. The number of hydrogen-bond donors (Lipinski definition) is 2. The van der Waals surface area contributed by atoms with Crippen molar-refractivity contribution in [3.63, 3.8) is 0 Å². The molecule has 2 rings (SSSR count). The van der Waals surface area contributed by atoms with E-state index in [1.807, 2.05) is 0 Å². The van der Waals surface area contributed by atoms with E-state index in [-0.39, 0.29) is 12.2 Å². The van der Waals surface area contributed by atoms with E-state index in [0.29, 0.717) is 6.10 Å². The molecule has 0 amide bonds. The van der Waals surface area contributed by atoms with Gasteiger partial charge in [0.05, 0.1) is 18.3 Å². The molecule has 1 aliphatic carbocycles. The number of nitrogens with one attached hydrogen (secondary N) is 1. The SMILES string of the molecule is OC1CCCCCC1OC1CNC1. The first-order valence-corrected chi connectivity index (χ1v) is 5.40. The maximum absolute atomic E-state index is 9.77. The van der Waals surface area contributed by atoms with Crippen molar-refractivity contribution < 1.29 is 9.84 Å². The third kappa shape index (κ3) is 2.42. The summed E-state index contributed by atoms with van der Waals surface area (Å²) in [5.74, 6) is 0. The van der Waals surface area contributed by atoms with Crippen LogP contribution >= 0.6 is 0 Å². The molecule has 0 radical (unpaired) electrons. The van der Waals surface area contributed by atoms with Crippen LogP contribution in [-0.2, 0) is 4.74 Å². The van der Waals surface area contributed by atoms with Crippen LogP contribution in [0.15, 0.2) is 0 Å². The van der Waals surface area contributed by atoms with Gasteiger partial charge >= 0.3 is 0 Å². The number of aliphatic hydroxyl groups excluding tert-OH is 1. The molecule has 2 aliphatic rings. The summed E-state index contributed by atoms with van der Waals surface area (Å²) in [5.41, 5.74) is 0. The highest BCUT2D eigenvalue weighted by Gasteiger charge is 2.27. The molecule has 2 N–H and O–H groups in total. The second kappa shape index (κ2) is 4.40. The molecule has 1 saturated heterocycles. The molecular weight excluding hydrogens is 166 g/mol. The smallest absolute Gasteiger partial charge is 0.0839 e. The molecule has 0 aromatic carbocycles. The van der Waals surface area contributed by atoms with E-state index >= 15 is 0 Å². The van der Waals surface area contributed by atoms with Crippen LogP contribution in [0.4, 0.5) is 0 Å². The van der Waals surface area contributed by atoms with E-state index in [1.54, 1.807) is 0 Å². The van der Waals surface area contributed by atoms with Crippen molar-refractivity contribution in [2.24, 2.45) is 0 Å². The fourth-order valence-electron chi connectivity index (χ4n) is 2.02. The maximum atomic E-state index is 9.77. The van der Waals surface area contributed by atoms with Crippen LogP contribution in [0, 0.1) is 0 Å². The largest absolute Gasteiger partial charge is 0.390 e. The van der Waals surface area contributed by atoms with Crippen LogP contribution in [-0.4, -0.2) is 36.5 Å². The Balaban J connectivity index is 1.79. The third-order valence-corrected chi connectivity index (χ3v) is 3.03. The quantitative estimate of drug-likeness (QED) is 0.621. The van der Waals surface area contributed by atoms with Gasteiger partial charge in [-0.3, -0.25) is 0 Å². The predicted octanol–water partition coefficient (Wildman–Crippen LogP) is 0.668. The summed E-state index contributed by atoms with van der Waals surface area (Å²) in [5, 5.41) is 12.9. The van der Waals surface area contributed by atoms with Crippen molar-refractivity contribution >= 4 is 0 Å². The summed E-state index contributed by atoms with van der Waals surface area (Å²) in [6, 6.07) is 0. The summed E-state index contributed by atoms with van der Waals surface area (Å²) in [6.07, 6.45) is 5.82. The second-order valence-electron chi connectivity index (χ2n) is 4.16. The van der Waals surface area contributed by atoms with E-state index in [1.165, 1.54) is 12.8 Å². The summed E-state index contributed by atoms with van der Waals surface area (Å²) in [6.45, 7) is 1.92. The normalized spacial score (nSPS) is 36.7. The zero-order valence-corrected chi connectivity index (χ0v) is 8.04. The molecule has 13 heavy (non-hydrogen) atoms. The van der Waals surface area contributed by atoms with Gasteiger partial charge < -0.3 is 15.2 Å². The second-order valence-corrected chi connectivity index (χ2v) is 4.16. The van der Waals surface area contributed by atoms with Crippen LogP contribution in [0.5, 0.6) is 0 Å². The van der Waals surface area contributed by atoms with Crippen molar-refractivity contribution in [1.82, 2.24) is 5.32 Å². The van der Waals surface area contributed by atoms with E-state index < -0.39 is 0 Å². The molecule has 0 bridgehead atoms. The minimum absolute atomic E-state index is 0.106. The summed E-state index contributed by atoms with van der Waals surface area (Å²) in [7, 11) is 0. The van der Waals surface area contributed by atoms with Crippen LogP contribution < -0.4 is 5.32 Å². The minimum Gasteiger partial charge on any atom is -0.390 e. The molecule has 1 heterocycles. The molecule has 2 unspecified atom stereocenters. The van der Waals surface area contributed by atoms with Gasteiger partial charge in [0.2, 0.25) is 0 Å². The lowest BCUT2D eigenvalue weighted by Gasteiger charge is -2.32. The first-order valence-electron chi connectivity index (χ1n) is 5.40. The van der Waals surface area contributed by atoms with E-state index in [0.717, 1.165) is 32.4 Å². The van der Waals surface area contributed by atoms with Crippen LogP contribution in [0.2, 0.25) is 0 Å². The molecule has 1 aliphatic heterocycles. The van der Waals surface area contributed by atoms with Crippen LogP contribution in [0.3, 0.4) is 0 Å². The third-order valence-electron chi connectivity index (χ3n) is 3.03. The van der Waals surface area contributed by atoms with Crippen molar-refractivity contribution in [2.75, 3.05) is 13.1 Å². The Bertz CT molecular complexity index is 159. The topological polar surface area (TPSA) is 41.5 Å². The standard InChI is InChI=1S/C10H19NO2/c12-9-4-2-1-3-5-10(9)13-8-6-11-7-8/h8-12H,1-7H2. The minimum atomic E-state index is -0.219. The summed E-state index contributed by atoms with van der Waals surface area (Å²) < 4.78 is 5.81. The summed E-state index contributed by atoms with van der Waals surface area (Å²) in [4.78, 5) is 0. The molecule has 3 heteroatoms. The van der Waals surface area contributed by atoms with Crippen molar-refractivity contribution in [2.45, 2.75) is 50.4 Å². The number of rotatable bonds is 2. The molecule has 0 aromatic heterocycles. The average Bonchev–Trinajstić information content (AvgIpc) is 2.23. The predicted molar refractivity (Wildman–Crippen MR) is 50.6 cm³/mol. The molecule has 1 saturated carbocycles. The number of hydrogen-bond acceptors (Lipinski definition) is 3. The molecule has 76 valence electrons. The molecular formula is C10H19NO2. The monoisotopic (exact) mass is 185 g/mol. The van der Waals surface area contributed by atoms with Gasteiger partial charge in [-0.25, -0.2) is 0 Å². The van der Waals surface area contributed by atoms with E-state index in [9.17, 15) is 5.11 Å². The van der Waals surface area contributed by atoms with Crippen LogP contribution in [0.25, 0.3) is 0 Å². The van der Waals surface area contributed by atoms with Gasteiger partial charge in [0.15, 0.2) is 0 Å². The number of aliphatic hydroxyl groups is 1. The highest BCUT2D eigenvalue weighted by atomic mass is 16.5. The molecule has 2 atom stereocenters. The lowest BCUT2D eigenvalue weighted by Crippen LogP contribution is -2.51. The fourth-order valence-corrected chi connectivity index (χ4v) is 2.02. The Hall–Kier alpha value is -0.120. The Labute approximate surface area is 79.5 Å². The zero-order chi connectivity index (χ0) is 9.10. The number of ether oxygens (including phenoxy) is 1. The van der Waals surface area contributed by atoms with Gasteiger partial charge in [-0.1, -0.05) is 19.3 Å². The Morgan fingerprint density at radius 2 is 1.85 bits per heavy atom.